The van der Waals surface area contributed by atoms with E-state index in [4.69, 9.17) is 14.6 Å². The van der Waals surface area contributed by atoms with E-state index in [0.29, 0.717) is 24.5 Å². The van der Waals surface area contributed by atoms with E-state index in [2.05, 4.69) is 23.8 Å². The molecule has 1 aromatic carbocycles. The summed E-state index contributed by atoms with van der Waals surface area (Å²) in [5, 5.41) is 6.89. The first kappa shape index (κ1) is 25.9. The van der Waals surface area contributed by atoms with E-state index < -0.39 is 0 Å². The Bertz CT molecular complexity index is 1010. The van der Waals surface area contributed by atoms with Crippen molar-refractivity contribution in [3.8, 4) is 17.6 Å². The van der Waals surface area contributed by atoms with Crippen LogP contribution in [0.25, 0.3) is 0 Å². The molecule has 2 fully saturated rings. The predicted octanol–water partition coefficient (Wildman–Crippen LogP) is 2.96. The van der Waals surface area contributed by atoms with Crippen molar-refractivity contribution in [3.63, 3.8) is 0 Å². The molecule has 1 saturated carbocycles. The smallest absolute Gasteiger partial charge is 0.290 e. The first-order chi connectivity index (χ1) is 16.0. The van der Waals surface area contributed by atoms with Crippen molar-refractivity contribution in [1.82, 2.24) is 9.47 Å². The molecule has 0 unspecified atom stereocenters. The molecular formula is C26H32N2O5. The molecule has 0 amide bonds. The largest absolute Gasteiger partial charge is 0.486 e. The molecule has 1 aliphatic heterocycles. The Morgan fingerprint density at radius 1 is 1.12 bits per heavy atom. The molecule has 33 heavy (non-hydrogen) atoms. The number of aryl methyl sites for hydroxylation is 1. The molecule has 2 heterocycles. The zero-order valence-electron chi connectivity index (χ0n) is 19.3. The fourth-order valence-corrected chi connectivity index (χ4v) is 3.28. The SMILES string of the molecule is CN1CCCC1.Cc1cc(OCC=O)cc(=O)n1Cc1ccc(C#CC2CC2)cc1.O=CO. The molecule has 1 saturated heterocycles. The van der Waals surface area contributed by atoms with E-state index in [0.717, 1.165) is 16.8 Å². The zero-order chi connectivity index (χ0) is 24.1. The van der Waals surface area contributed by atoms with Crippen molar-refractivity contribution in [1.29, 1.82) is 0 Å². The van der Waals surface area contributed by atoms with Gasteiger partial charge in [0.25, 0.3) is 12.0 Å². The van der Waals surface area contributed by atoms with Crippen LogP contribution in [-0.2, 0) is 16.1 Å². The van der Waals surface area contributed by atoms with Gasteiger partial charge in [0, 0.05) is 23.2 Å². The molecule has 0 spiro atoms. The quantitative estimate of drug-likeness (QED) is 0.554. The van der Waals surface area contributed by atoms with Crippen LogP contribution in [0.1, 0.15) is 42.5 Å². The number of benzene rings is 1. The number of aldehydes is 1. The minimum Gasteiger partial charge on any atom is -0.486 e. The summed E-state index contributed by atoms with van der Waals surface area (Å²) in [5.41, 5.74) is 2.69. The van der Waals surface area contributed by atoms with Crippen LogP contribution in [0.2, 0.25) is 0 Å². The number of rotatable bonds is 5. The number of hydrogen-bond acceptors (Lipinski definition) is 5. The molecule has 1 aliphatic carbocycles. The van der Waals surface area contributed by atoms with Gasteiger partial charge in [0.05, 0.1) is 6.54 Å². The first-order valence-electron chi connectivity index (χ1n) is 11.1. The van der Waals surface area contributed by atoms with Crippen LogP contribution in [0.15, 0.2) is 41.2 Å². The van der Waals surface area contributed by atoms with Gasteiger partial charge in [-0.05, 0) is 76.5 Å². The molecule has 1 aromatic heterocycles. The third-order valence-electron chi connectivity index (χ3n) is 5.25. The summed E-state index contributed by atoms with van der Waals surface area (Å²) < 4.78 is 6.87. The molecule has 0 radical (unpaired) electrons. The van der Waals surface area contributed by atoms with Crippen LogP contribution < -0.4 is 10.3 Å². The molecule has 176 valence electrons. The molecule has 0 bridgehead atoms. The molecule has 4 rings (SSSR count). The van der Waals surface area contributed by atoms with Crippen molar-refractivity contribution in [2.75, 3.05) is 26.7 Å². The highest BCUT2D eigenvalue weighted by molar-refractivity contribution is 5.51. The van der Waals surface area contributed by atoms with Crippen molar-refractivity contribution < 1.29 is 19.4 Å². The zero-order valence-corrected chi connectivity index (χ0v) is 19.3. The highest BCUT2D eigenvalue weighted by Gasteiger charge is 2.17. The Hall–Kier alpha value is -3.37. The molecule has 7 heteroatoms. The van der Waals surface area contributed by atoms with Gasteiger partial charge in [-0.25, -0.2) is 0 Å². The molecule has 0 atom stereocenters. The van der Waals surface area contributed by atoms with Crippen LogP contribution in [0.3, 0.4) is 0 Å². The average Bonchev–Trinajstić information content (AvgIpc) is 3.51. The lowest BCUT2D eigenvalue weighted by Gasteiger charge is -2.12. The minimum absolute atomic E-state index is 0.0494. The lowest BCUT2D eigenvalue weighted by Crippen LogP contribution is -2.22. The van der Waals surface area contributed by atoms with Gasteiger partial charge < -0.3 is 19.3 Å². The van der Waals surface area contributed by atoms with Gasteiger partial charge >= 0.3 is 0 Å². The Labute approximate surface area is 195 Å². The molecule has 7 nitrogen and oxygen atoms in total. The average molecular weight is 453 g/mol. The molecular weight excluding hydrogens is 420 g/mol. The molecule has 1 N–H and O–H groups in total. The minimum atomic E-state index is -0.250. The van der Waals surface area contributed by atoms with Crippen LogP contribution in [-0.4, -0.2) is 54.1 Å². The number of carbonyl (C=O) groups is 2. The maximum Gasteiger partial charge on any atom is 0.290 e. The summed E-state index contributed by atoms with van der Waals surface area (Å²) in [4.78, 5) is 33.3. The summed E-state index contributed by atoms with van der Waals surface area (Å²) in [7, 11) is 2.17. The molecule has 2 aromatic rings. The number of aromatic nitrogens is 1. The summed E-state index contributed by atoms with van der Waals surface area (Å²) in [6, 6.07) is 11.2. The highest BCUT2D eigenvalue weighted by atomic mass is 16.5. The van der Waals surface area contributed by atoms with Gasteiger partial charge in [-0.2, -0.15) is 0 Å². The summed E-state index contributed by atoms with van der Waals surface area (Å²) in [6.45, 7) is 4.69. The number of ether oxygens (including phenoxy) is 1. The Balaban J connectivity index is 0.000000360. The van der Waals surface area contributed by atoms with E-state index in [9.17, 15) is 9.59 Å². The number of carbonyl (C=O) groups excluding carboxylic acids is 1. The van der Waals surface area contributed by atoms with Crippen molar-refractivity contribution in [3.05, 3.63) is 63.6 Å². The monoisotopic (exact) mass is 452 g/mol. The van der Waals surface area contributed by atoms with Crippen molar-refractivity contribution in [2.45, 2.75) is 39.2 Å². The van der Waals surface area contributed by atoms with Gasteiger partial charge in [0.1, 0.15) is 12.4 Å². The Kier molecular flexibility index (Phi) is 10.9. The van der Waals surface area contributed by atoms with Crippen molar-refractivity contribution in [2.24, 2.45) is 5.92 Å². The highest BCUT2D eigenvalue weighted by Crippen LogP contribution is 2.27. The summed E-state index contributed by atoms with van der Waals surface area (Å²) in [5.74, 6) is 7.43. The number of pyridine rings is 1. The second kappa shape index (κ2) is 13.9. The predicted molar refractivity (Wildman–Crippen MR) is 128 cm³/mol. The number of hydrogen-bond donors (Lipinski definition) is 1. The van der Waals surface area contributed by atoms with Crippen LogP contribution in [0, 0.1) is 24.7 Å². The number of nitrogens with zero attached hydrogens (tertiary/aromatic N) is 2. The van der Waals surface area contributed by atoms with Crippen LogP contribution >= 0.6 is 0 Å². The topological polar surface area (TPSA) is 88.8 Å². The first-order valence-corrected chi connectivity index (χ1v) is 11.1. The van der Waals surface area contributed by atoms with Gasteiger partial charge in [0.2, 0.25) is 0 Å². The number of carboxylic acid groups (broad SMARTS) is 1. The van der Waals surface area contributed by atoms with Crippen molar-refractivity contribution >= 4 is 12.8 Å². The fraction of sp³-hybridized carbons (Fsp3) is 0.423. The van der Waals surface area contributed by atoms with E-state index >= 15 is 0 Å². The van der Waals surface area contributed by atoms with E-state index in [1.165, 1.54) is 44.8 Å². The van der Waals surface area contributed by atoms with Gasteiger partial charge in [-0.15, -0.1) is 0 Å². The third kappa shape index (κ3) is 9.75. The Morgan fingerprint density at radius 2 is 1.76 bits per heavy atom. The van der Waals surface area contributed by atoms with Gasteiger partial charge in [0.15, 0.2) is 6.29 Å². The van der Waals surface area contributed by atoms with Gasteiger partial charge in [-0.1, -0.05) is 24.0 Å². The Morgan fingerprint density at radius 3 is 2.24 bits per heavy atom. The van der Waals surface area contributed by atoms with Gasteiger partial charge in [-0.3, -0.25) is 14.4 Å². The van der Waals surface area contributed by atoms with E-state index in [-0.39, 0.29) is 18.6 Å². The normalized spacial score (nSPS) is 14.5. The standard InChI is InChI=1S/C20H19NO3.C5H11N.CH2O2/c1-15-12-19(24-11-10-22)13-20(23)21(15)14-18-8-6-17(7-9-18)5-4-16-2-3-16;1-6-4-2-3-5-6;2-1-3/h6-10,12-13,16H,2-3,11,14H2,1H3;2-5H2,1H3;1H,(H,2,3). The fourth-order valence-electron chi connectivity index (χ4n) is 3.28. The maximum absolute atomic E-state index is 12.3. The second-order valence-electron chi connectivity index (χ2n) is 8.09. The van der Waals surface area contributed by atoms with Crippen LogP contribution in [0.5, 0.6) is 5.75 Å². The number of likely N-dealkylation sites (tertiary alicyclic amines) is 1. The molecule has 2 aliphatic rings. The lowest BCUT2D eigenvalue weighted by atomic mass is 10.1. The van der Waals surface area contributed by atoms with E-state index in [1.807, 2.05) is 31.2 Å². The lowest BCUT2D eigenvalue weighted by molar-refractivity contribution is -0.122. The second-order valence-corrected chi connectivity index (χ2v) is 8.09. The summed E-state index contributed by atoms with van der Waals surface area (Å²) in [6.07, 6.45) is 5.93. The maximum atomic E-state index is 12.3. The summed E-state index contributed by atoms with van der Waals surface area (Å²) >= 11 is 0. The van der Waals surface area contributed by atoms with E-state index in [1.54, 1.807) is 10.6 Å². The third-order valence-corrected chi connectivity index (χ3v) is 5.25. The van der Waals surface area contributed by atoms with Crippen LogP contribution in [0.4, 0.5) is 0 Å².